The van der Waals surface area contributed by atoms with Crippen molar-refractivity contribution < 1.29 is 14.2 Å². The lowest BCUT2D eigenvalue weighted by Crippen LogP contribution is -2.09. The maximum Gasteiger partial charge on any atom is 0.125 e. The molecule has 0 aliphatic heterocycles. The van der Waals surface area contributed by atoms with Gasteiger partial charge in [0.25, 0.3) is 0 Å². The number of aliphatic hydroxyl groups excluding tert-OH is 1. The molecule has 0 aromatic heterocycles. The van der Waals surface area contributed by atoms with Crippen LogP contribution in [0.2, 0.25) is 0 Å². The van der Waals surface area contributed by atoms with Crippen LogP contribution >= 0.6 is 0 Å². The average molecular weight is 212 g/mol. The topological polar surface area (TPSA) is 29.5 Å². The Kier molecular flexibility index (Phi) is 4.09. The van der Waals surface area contributed by atoms with Crippen molar-refractivity contribution in [3.05, 3.63) is 29.6 Å². The second-order valence-corrected chi connectivity index (χ2v) is 3.77. The second-order valence-electron chi connectivity index (χ2n) is 3.77. The summed E-state index contributed by atoms with van der Waals surface area (Å²) in [5.41, 5.74) is 0.520. The molecule has 0 bridgehead atoms. The normalized spacial score (nSPS) is 12.9. The number of halogens is 1. The highest BCUT2D eigenvalue weighted by atomic mass is 19.1. The van der Waals surface area contributed by atoms with Crippen molar-refractivity contribution in [1.29, 1.82) is 0 Å². The molecular weight excluding hydrogens is 195 g/mol. The van der Waals surface area contributed by atoms with E-state index in [9.17, 15) is 9.50 Å². The number of hydrogen-bond acceptors (Lipinski definition) is 2. The van der Waals surface area contributed by atoms with Gasteiger partial charge in [0.1, 0.15) is 11.6 Å². The van der Waals surface area contributed by atoms with E-state index in [-0.39, 0.29) is 11.9 Å². The van der Waals surface area contributed by atoms with Gasteiger partial charge in [-0.3, -0.25) is 0 Å². The average Bonchev–Trinajstić information content (AvgIpc) is 2.19. The van der Waals surface area contributed by atoms with E-state index >= 15 is 0 Å². The van der Waals surface area contributed by atoms with Gasteiger partial charge in [-0.15, -0.1) is 0 Å². The lowest BCUT2D eigenvalue weighted by molar-refractivity contribution is 0.161. The van der Waals surface area contributed by atoms with E-state index in [1.54, 1.807) is 6.07 Å². The largest absolute Gasteiger partial charge is 0.491 e. The second kappa shape index (κ2) is 5.12. The highest BCUT2D eigenvalue weighted by Crippen LogP contribution is 2.28. The van der Waals surface area contributed by atoms with Gasteiger partial charge in [-0.2, -0.15) is 0 Å². The van der Waals surface area contributed by atoms with Gasteiger partial charge in [0, 0.05) is 5.56 Å². The minimum Gasteiger partial charge on any atom is -0.491 e. The van der Waals surface area contributed by atoms with Crippen molar-refractivity contribution in [2.45, 2.75) is 39.4 Å². The summed E-state index contributed by atoms with van der Waals surface area (Å²) in [7, 11) is 0. The maximum absolute atomic E-state index is 13.0. The van der Waals surface area contributed by atoms with Crippen LogP contribution in [0.3, 0.4) is 0 Å². The molecule has 0 saturated carbocycles. The summed E-state index contributed by atoms with van der Waals surface area (Å²) in [6.45, 7) is 5.63. The first kappa shape index (κ1) is 12.0. The van der Waals surface area contributed by atoms with Gasteiger partial charge in [0.05, 0.1) is 12.2 Å². The quantitative estimate of drug-likeness (QED) is 0.831. The summed E-state index contributed by atoms with van der Waals surface area (Å²) < 4.78 is 18.5. The smallest absolute Gasteiger partial charge is 0.125 e. The summed E-state index contributed by atoms with van der Waals surface area (Å²) in [6.07, 6.45) is -0.120. The van der Waals surface area contributed by atoms with Crippen molar-refractivity contribution in [2.24, 2.45) is 0 Å². The minimum absolute atomic E-state index is 0.0123. The van der Waals surface area contributed by atoms with Crippen molar-refractivity contribution in [2.75, 3.05) is 0 Å². The lowest BCUT2D eigenvalue weighted by atomic mass is 10.1. The number of benzene rings is 1. The first-order valence-electron chi connectivity index (χ1n) is 5.18. The van der Waals surface area contributed by atoms with Crippen molar-refractivity contribution in [3.8, 4) is 5.75 Å². The van der Waals surface area contributed by atoms with Crippen LogP contribution in [0.25, 0.3) is 0 Å². The van der Waals surface area contributed by atoms with Crippen molar-refractivity contribution in [1.82, 2.24) is 0 Å². The molecule has 3 heteroatoms. The van der Waals surface area contributed by atoms with Crippen LogP contribution in [0.4, 0.5) is 4.39 Å². The predicted molar refractivity (Wildman–Crippen MR) is 57.4 cm³/mol. The van der Waals surface area contributed by atoms with Gasteiger partial charge in [0.15, 0.2) is 0 Å². The van der Waals surface area contributed by atoms with Crippen LogP contribution in [0, 0.1) is 5.82 Å². The zero-order valence-electron chi connectivity index (χ0n) is 9.33. The standard InChI is InChI=1S/C12H17FO2/c1-4-11(14)10-7-9(13)5-6-12(10)15-8(2)3/h5-8,11,14H,4H2,1-3H3. The first-order valence-corrected chi connectivity index (χ1v) is 5.18. The molecule has 0 saturated heterocycles. The third-order valence-electron chi connectivity index (χ3n) is 2.08. The Balaban J connectivity index is 3.02. The van der Waals surface area contributed by atoms with Crippen LogP contribution in [0.1, 0.15) is 38.9 Å². The molecule has 0 fully saturated rings. The summed E-state index contributed by atoms with van der Waals surface area (Å²) in [5.74, 6) is 0.203. The summed E-state index contributed by atoms with van der Waals surface area (Å²) in [6, 6.07) is 4.22. The molecule has 0 spiro atoms. The summed E-state index contributed by atoms with van der Waals surface area (Å²) >= 11 is 0. The molecule has 0 aliphatic carbocycles. The Labute approximate surface area is 89.7 Å². The monoisotopic (exact) mass is 212 g/mol. The van der Waals surface area contributed by atoms with Crippen LogP contribution in [-0.4, -0.2) is 11.2 Å². The fraction of sp³-hybridized carbons (Fsp3) is 0.500. The molecule has 2 nitrogen and oxygen atoms in total. The van der Waals surface area contributed by atoms with E-state index in [1.165, 1.54) is 12.1 Å². The maximum atomic E-state index is 13.0. The Bertz CT molecular complexity index is 323. The zero-order chi connectivity index (χ0) is 11.4. The van der Waals surface area contributed by atoms with Crippen LogP contribution in [0.15, 0.2) is 18.2 Å². The number of aliphatic hydroxyl groups is 1. The van der Waals surface area contributed by atoms with E-state index < -0.39 is 6.10 Å². The molecule has 1 atom stereocenters. The molecule has 0 aliphatic rings. The molecule has 0 radical (unpaired) electrons. The molecule has 0 heterocycles. The molecule has 1 aromatic carbocycles. The van der Waals surface area contributed by atoms with Crippen LogP contribution in [-0.2, 0) is 0 Å². The van der Waals surface area contributed by atoms with Crippen LogP contribution in [0.5, 0.6) is 5.75 Å². The van der Waals surface area contributed by atoms with Gasteiger partial charge < -0.3 is 9.84 Å². The summed E-state index contributed by atoms with van der Waals surface area (Å²) in [4.78, 5) is 0. The van der Waals surface area contributed by atoms with E-state index in [1.807, 2.05) is 20.8 Å². The lowest BCUT2D eigenvalue weighted by Gasteiger charge is -2.17. The van der Waals surface area contributed by atoms with E-state index in [0.717, 1.165) is 0 Å². The van der Waals surface area contributed by atoms with E-state index in [0.29, 0.717) is 17.7 Å². The Hall–Kier alpha value is -1.09. The van der Waals surface area contributed by atoms with Gasteiger partial charge in [-0.05, 0) is 38.5 Å². The Morgan fingerprint density at radius 3 is 2.60 bits per heavy atom. The number of hydrogen-bond donors (Lipinski definition) is 1. The zero-order valence-corrected chi connectivity index (χ0v) is 9.33. The minimum atomic E-state index is -0.672. The highest BCUT2D eigenvalue weighted by Gasteiger charge is 2.13. The van der Waals surface area contributed by atoms with Crippen LogP contribution < -0.4 is 4.74 Å². The summed E-state index contributed by atoms with van der Waals surface area (Å²) in [5, 5.41) is 9.70. The molecule has 1 rings (SSSR count). The van der Waals surface area contributed by atoms with Crippen molar-refractivity contribution >= 4 is 0 Å². The number of rotatable bonds is 4. The Morgan fingerprint density at radius 2 is 2.07 bits per heavy atom. The molecule has 1 aromatic rings. The third kappa shape index (κ3) is 3.20. The molecule has 0 amide bonds. The Morgan fingerprint density at radius 1 is 1.40 bits per heavy atom. The van der Waals surface area contributed by atoms with Gasteiger partial charge in [-0.1, -0.05) is 6.92 Å². The molecule has 84 valence electrons. The fourth-order valence-corrected chi connectivity index (χ4v) is 1.36. The SMILES string of the molecule is CCC(O)c1cc(F)ccc1OC(C)C. The van der Waals surface area contributed by atoms with Crippen molar-refractivity contribution in [3.63, 3.8) is 0 Å². The first-order chi connectivity index (χ1) is 7.04. The third-order valence-corrected chi connectivity index (χ3v) is 2.08. The molecule has 15 heavy (non-hydrogen) atoms. The van der Waals surface area contributed by atoms with Gasteiger partial charge in [0.2, 0.25) is 0 Å². The van der Waals surface area contributed by atoms with E-state index in [4.69, 9.17) is 4.74 Å². The van der Waals surface area contributed by atoms with Gasteiger partial charge >= 0.3 is 0 Å². The number of ether oxygens (including phenoxy) is 1. The highest BCUT2D eigenvalue weighted by molar-refractivity contribution is 5.35. The molecular formula is C12H17FO2. The molecule has 1 N–H and O–H groups in total. The van der Waals surface area contributed by atoms with Gasteiger partial charge in [-0.25, -0.2) is 4.39 Å². The predicted octanol–water partition coefficient (Wildman–Crippen LogP) is 3.06. The molecule has 1 unspecified atom stereocenters. The van der Waals surface area contributed by atoms with E-state index in [2.05, 4.69) is 0 Å². The fourth-order valence-electron chi connectivity index (χ4n) is 1.36.